The number of nitrogens with one attached hydrogen (secondary N) is 1. The lowest BCUT2D eigenvalue weighted by molar-refractivity contribution is 0.0949. The number of ether oxygens (including phenoxy) is 1. The van der Waals surface area contributed by atoms with Crippen molar-refractivity contribution >= 4 is 22.4 Å². The van der Waals surface area contributed by atoms with Crippen LogP contribution in [0.25, 0.3) is 10.8 Å². The van der Waals surface area contributed by atoms with Crippen LogP contribution in [0.4, 0.5) is 0 Å². The Labute approximate surface area is 169 Å². The van der Waals surface area contributed by atoms with Crippen LogP contribution in [0.5, 0.6) is 5.75 Å². The number of methoxy groups -OCH3 is 1. The second-order valence-corrected chi connectivity index (χ2v) is 6.50. The molecular formula is C22H24N4O3. The van der Waals surface area contributed by atoms with Gasteiger partial charge in [-0.15, -0.1) is 0 Å². The number of benzene rings is 2. The molecule has 0 saturated heterocycles. The summed E-state index contributed by atoms with van der Waals surface area (Å²) in [5, 5.41) is 9.58. The molecule has 1 heterocycles. The van der Waals surface area contributed by atoms with Gasteiger partial charge >= 0.3 is 0 Å². The Kier molecular flexibility index (Phi) is 6.39. The number of nitrogens with zero attached hydrogens (tertiary/aromatic N) is 3. The van der Waals surface area contributed by atoms with Crippen LogP contribution in [0.1, 0.15) is 42.7 Å². The van der Waals surface area contributed by atoms with E-state index in [9.17, 15) is 9.59 Å². The molecule has 1 aromatic heterocycles. The van der Waals surface area contributed by atoms with Gasteiger partial charge in [-0.2, -0.15) is 10.2 Å². The minimum Gasteiger partial charge on any atom is -0.497 e. The molecule has 0 fully saturated rings. The Hall–Kier alpha value is -3.48. The molecule has 0 unspecified atom stereocenters. The summed E-state index contributed by atoms with van der Waals surface area (Å²) in [6, 6.07) is 14.5. The topological polar surface area (TPSA) is 85.6 Å². The lowest BCUT2D eigenvalue weighted by atomic mass is 10.1. The molecular weight excluding hydrogens is 368 g/mol. The zero-order chi connectivity index (χ0) is 20.8. The van der Waals surface area contributed by atoms with Crippen molar-refractivity contribution in [3.05, 3.63) is 70.1 Å². The molecule has 1 amide bonds. The normalized spacial score (nSPS) is 11.5. The first-order valence-electron chi connectivity index (χ1n) is 9.60. The molecule has 150 valence electrons. The van der Waals surface area contributed by atoms with Crippen molar-refractivity contribution in [1.29, 1.82) is 0 Å². The first-order chi connectivity index (χ1) is 14.1. The van der Waals surface area contributed by atoms with Crippen molar-refractivity contribution in [2.75, 3.05) is 7.11 Å². The molecule has 0 bridgehead atoms. The molecule has 0 aliphatic heterocycles. The summed E-state index contributed by atoms with van der Waals surface area (Å²) in [7, 11) is 1.61. The standard InChI is InChI=1S/C22H24N4O3/c1-4-14-26-22(28)18-9-7-6-8-17(18)20(25-26)21(27)24-23-19(5-2)15-10-12-16(29-3)13-11-15/h6-13H,4-5,14H2,1-3H3,(H,24,27)/b23-19-. The molecule has 0 aliphatic carbocycles. The van der Waals surface area contributed by atoms with Crippen molar-refractivity contribution in [2.45, 2.75) is 33.2 Å². The van der Waals surface area contributed by atoms with Gasteiger partial charge in [-0.3, -0.25) is 9.59 Å². The number of hydrogen-bond acceptors (Lipinski definition) is 5. The van der Waals surface area contributed by atoms with E-state index in [1.54, 1.807) is 31.4 Å². The average Bonchev–Trinajstić information content (AvgIpc) is 2.76. The fourth-order valence-corrected chi connectivity index (χ4v) is 3.07. The maximum absolute atomic E-state index is 12.9. The van der Waals surface area contributed by atoms with E-state index in [0.717, 1.165) is 23.4 Å². The fourth-order valence-electron chi connectivity index (χ4n) is 3.07. The van der Waals surface area contributed by atoms with Gasteiger partial charge in [0.15, 0.2) is 5.69 Å². The zero-order valence-corrected chi connectivity index (χ0v) is 16.8. The Morgan fingerprint density at radius 2 is 1.79 bits per heavy atom. The number of aromatic nitrogens is 2. The molecule has 3 rings (SSSR count). The van der Waals surface area contributed by atoms with Gasteiger partial charge in [0.2, 0.25) is 0 Å². The molecule has 0 spiro atoms. The van der Waals surface area contributed by atoms with E-state index in [2.05, 4.69) is 15.6 Å². The number of carbonyl (C=O) groups excluding carboxylic acids is 1. The molecule has 7 nitrogen and oxygen atoms in total. The number of aryl methyl sites for hydroxylation is 1. The highest BCUT2D eigenvalue weighted by Crippen LogP contribution is 2.15. The number of hydrogen-bond donors (Lipinski definition) is 1. The van der Waals surface area contributed by atoms with E-state index >= 15 is 0 Å². The third-order valence-corrected chi connectivity index (χ3v) is 4.57. The van der Waals surface area contributed by atoms with Gasteiger partial charge in [0, 0.05) is 11.9 Å². The highest BCUT2D eigenvalue weighted by Gasteiger charge is 2.16. The first-order valence-corrected chi connectivity index (χ1v) is 9.60. The van der Waals surface area contributed by atoms with E-state index in [1.807, 2.05) is 38.1 Å². The van der Waals surface area contributed by atoms with Crippen molar-refractivity contribution in [2.24, 2.45) is 5.10 Å². The van der Waals surface area contributed by atoms with Gasteiger partial charge in [0.05, 0.1) is 18.2 Å². The van der Waals surface area contributed by atoms with Gasteiger partial charge in [0.1, 0.15) is 5.75 Å². The van der Waals surface area contributed by atoms with Crippen LogP contribution in [0, 0.1) is 0 Å². The second-order valence-electron chi connectivity index (χ2n) is 6.50. The van der Waals surface area contributed by atoms with E-state index in [1.165, 1.54) is 4.68 Å². The smallest absolute Gasteiger partial charge is 0.292 e. The third-order valence-electron chi connectivity index (χ3n) is 4.57. The highest BCUT2D eigenvalue weighted by atomic mass is 16.5. The minimum atomic E-state index is -0.453. The van der Waals surface area contributed by atoms with Crippen LogP contribution in [0.2, 0.25) is 0 Å². The molecule has 1 N–H and O–H groups in total. The Balaban J connectivity index is 1.95. The van der Waals surface area contributed by atoms with Gasteiger partial charge < -0.3 is 4.74 Å². The molecule has 29 heavy (non-hydrogen) atoms. The van der Waals surface area contributed by atoms with Crippen molar-refractivity contribution in [3.63, 3.8) is 0 Å². The number of fused-ring (bicyclic) bond motifs is 1. The first kappa shape index (κ1) is 20.3. The van der Waals surface area contributed by atoms with Gasteiger partial charge in [-0.1, -0.05) is 32.0 Å². The van der Waals surface area contributed by atoms with Crippen LogP contribution < -0.4 is 15.7 Å². The van der Waals surface area contributed by atoms with Crippen LogP contribution in [0.15, 0.2) is 58.4 Å². The predicted octanol–water partition coefficient (Wildman–Crippen LogP) is 3.36. The quantitative estimate of drug-likeness (QED) is 0.493. The molecule has 0 radical (unpaired) electrons. The summed E-state index contributed by atoms with van der Waals surface area (Å²) in [6.07, 6.45) is 1.37. The summed E-state index contributed by atoms with van der Waals surface area (Å²) < 4.78 is 6.51. The second kappa shape index (κ2) is 9.14. The van der Waals surface area contributed by atoms with Crippen LogP contribution in [-0.2, 0) is 6.54 Å². The summed E-state index contributed by atoms with van der Waals surface area (Å²) in [5.74, 6) is 0.299. The average molecular weight is 392 g/mol. The maximum atomic E-state index is 12.9. The molecule has 0 saturated carbocycles. The summed E-state index contributed by atoms with van der Waals surface area (Å²) in [4.78, 5) is 25.4. The lowest BCUT2D eigenvalue weighted by Gasteiger charge is -2.10. The van der Waals surface area contributed by atoms with E-state index in [4.69, 9.17) is 4.74 Å². The minimum absolute atomic E-state index is 0.183. The lowest BCUT2D eigenvalue weighted by Crippen LogP contribution is -2.29. The SMILES string of the molecule is CCCn1nc(C(=O)N/N=C(/CC)c2ccc(OC)cc2)c2ccccc2c1=O. The third kappa shape index (κ3) is 4.34. The molecule has 0 aliphatic rings. The van der Waals surface area contributed by atoms with Crippen molar-refractivity contribution in [1.82, 2.24) is 15.2 Å². The van der Waals surface area contributed by atoms with E-state index < -0.39 is 5.91 Å². The number of rotatable bonds is 7. The molecule has 2 aromatic carbocycles. The van der Waals surface area contributed by atoms with Crippen LogP contribution in [-0.4, -0.2) is 28.5 Å². The number of carbonyl (C=O) groups is 1. The van der Waals surface area contributed by atoms with Crippen molar-refractivity contribution in [3.8, 4) is 5.75 Å². The number of amides is 1. The van der Waals surface area contributed by atoms with Gasteiger partial charge in [-0.25, -0.2) is 10.1 Å². The molecule has 7 heteroatoms. The summed E-state index contributed by atoms with van der Waals surface area (Å²) in [6.45, 7) is 4.36. The molecule has 0 atom stereocenters. The van der Waals surface area contributed by atoms with Crippen LogP contribution >= 0.6 is 0 Å². The van der Waals surface area contributed by atoms with Gasteiger partial charge in [-0.05, 0) is 48.7 Å². The maximum Gasteiger partial charge on any atom is 0.292 e. The van der Waals surface area contributed by atoms with Gasteiger partial charge in [0.25, 0.3) is 11.5 Å². The predicted molar refractivity (Wildman–Crippen MR) is 114 cm³/mol. The Morgan fingerprint density at radius 1 is 1.10 bits per heavy atom. The molecule has 3 aromatic rings. The number of hydrazone groups is 1. The zero-order valence-electron chi connectivity index (χ0n) is 16.8. The van der Waals surface area contributed by atoms with Crippen molar-refractivity contribution < 1.29 is 9.53 Å². The van der Waals surface area contributed by atoms with E-state index in [-0.39, 0.29) is 11.3 Å². The Bertz CT molecular complexity index is 1100. The fraction of sp³-hybridized carbons (Fsp3) is 0.273. The highest BCUT2D eigenvalue weighted by molar-refractivity contribution is 6.06. The van der Waals surface area contributed by atoms with Crippen LogP contribution in [0.3, 0.4) is 0 Å². The summed E-state index contributed by atoms with van der Waals surface area (Å²) in [5.41, 5.74) is 4.20. The largest absolute Gasteiger partial charge is 0.497 e. The summed E-state index contributed by atoms with van der Waals surface area (Å²) >= 11 is 0. The monoisotopic (exact) mass is 392 g/mol. The Morgan fingerprint density at radius 3 is 2.41 bits per heavy atom. The van der Waals surface area contributed by atoms with E-state index in [0.29, 0.717) is 23.7 Å².